The minimum absolute atomic E-state index is 0.457. The van der Waals surface area contributed by atoms with Gasteiger partial charge in [-0.2, -0.15) is 0 Å². The van der Waals surface area contributed by atoms with Gasteiger partial charge in [0.2, 0.25) is 0 Å². The summed E-state index contributed by atoms with van der Waals surface area (Å²) in [6, 6.07) is 7.44. The van der Waals surface area contributed by atoms with Gasteiger partial charge >= 0.3 is 0 Å². The van der Waals surface area contributed by atoms with Gasteiger partial charge in [0.1, 0.15) is 0 Å². The van der Waals surface area contributed by atoms with Gasteiger partial charge in [-0.05, 0) is 42.4 Å². The number of allylic oxidation sites excluding steroid dienone is 1. The Bertz CT molecular complexity index is 544. The zero-order valence-electron chi connectivity index (χ0n) is 12.4. The van der Waals surface area contributed by atoms with Gasteiger partial charge < -0.3 is 5.32 Å². The highest BCUT2D eigenvalue weighted by atomic mass is 15.2. The molecule has 2 aliphatic heterocycles. The summed E-state index contributed by atoms with van der Waals surface area (Å²) in [7, 11) is 0. The third-order valence-electron chi connectivity index (χ3n) is 4.62. The van der Waals surface area contributed by atoms with Crippen molar-refractivity contribution < 1.29 is 0 Å². The van der Waals surface area contributed by atoms with Crippen LogP contribution in [0.25, 0.3) is 0 Å². The van der Waals surface area contributed by atoms with Gasteiger partial charge in [-0.25, -0.2) is 0 Å². The van der Waals surface area contributed by atoms with Crippen molar-refractivity contribution in [1.29, 1.82) is 0 Å². The number of benzene rings is 1. The van der Waals surface area contributed by atoms with Crippen molar-refractivity contribution >= 4 is 0 Å². The largest absolute Gasteiger partial charge is 0.362 e. The van der Waals surface area contributed by atoms with Crippen molar-refractivity contribution in [1.82, 2.24) is 10.2 Å². The van der Waals surface area contributed by atoms with Crippen LogP contribution >= 0.6 is 0 Å². The SMILES string of the molecule is C=C1CCC(N2CCc3ccc(CC)cc3C2)C(=C)N1. The molecule has 0 aromatic heterocycles. The molecule has 1 unspecified atom stereocenters. The Morgan fingerprint density at radius 3 is 2.85 bits per heavy atom. The summed E-state index contributed by atoms with van der Waals surface area (Å²) in [5.41, 5.74) is 6.71. The number of rotatable bonds is 2. The van der Waals surface area contributed by atoms with Gasteiger partial charge in [-0.15, -0.1) is 0 Å². The monoisotopic (exact) mass is 268 g/mol. The van der Waals surface area contributed by atoms with Crippen LogP contribution in [-0.4, -0.2) is 17.5 Å². The molecule has 1 atom stereocenters. The minimum atomic E-state index is 0.457. The summed E-state index contributed by atoms with van der Waals surface area (Å²) in [6.07, 6.45) is 4.48. The molecule has 1 aromatic carbocycles. The summed E-state index contributed by atoms with van der Waals surface area (Å²) in [5, 5.41) is 3.34. The summed E-state index contributed by atoms with van der Waals surface area (Å²) in [4.78, 5) is 2.57. The Morgan fingerprint density at radius 2 is 2.10 bits per heavy atom. The molecule has 3 rings (SSSR count). The quantitative estimate of drug-likeness (QED) is 0.884. The van der Waals surface area contributed by atoms with Gasteiger partial charge in [0.15, 0.2) is 0 Å². The molecular weight excluding hydrogens is 244 g/mol. The zero-order valence-corrected chi connectivity index (χ0v) is 12.4. The van der Waals surface area contributed by atoms with Crippen LogP contribution in [0.1, 0.15) is 36.5 Å². The van der Waals surface area contributed by atoms with Crippen molar-refractivity contribution in [3.8, 4) is 0 Å². The molecule has 0 amide bonds. The van der Waals surface area contributed by atoms with Gasteiger partial charge in [-0.3, -0.25) is 4.90 Å². The van der Waals surface area contributed by atoms with E-state index in [9.17, 15) is 0 Å². The Morgan fingerprint density at radius 1 is 1.25 bits per heavy atom. The van der Waals surface area contributed by atoms with Crippen LogP contribution in [0.3, 0.4) is 0 Å². The van der Waals surface area contributed by atoms with Crippen molar-refractivity contribution in [2.75, 3.05) is 6.54 Å². The van der Waals surface area contributed by atoms with E-state index in [2.05, 4.69) is 48.5 Å². The molecule has 20 heavy (non-hydrogen) atoms. The second-order valence-corrected chi connectivity index (χ2v) is 5.99. The van der Waals surface area contributed by atoms with E-state index >= 15 is 0 Å². The van der Waals surface area contributed by atoms with Crippen LogP contribution in [0.2, 0.25) is 0 Å². The number of hydrogen-bond donors (Lipinski definition) is 1. The van der Waals surface area contributed by atoms with Crippen LogP contribution in [0, 0.1) is 0 Å². The lowest BCUT2D eigenvalue weighted by atomic mass is 9.93. The second-order valence-electron chi connectivity index (χ2n) is 5.99. The summed E-state index contributed by atoms with van der Waals surface area (Å²) in [5.74, 6) is 0. The molecule has 0 aliphatic carbocycles. The van der Waals surface area contributed by atoms with E-state index in [1.54, 1.807) is 0 Å². The molecule has 2 aliphatic rings. The van der Waals surface area contributed by atoms with E-state index in [4.69, 9.17) is 0 Å². The molecule has 1 aromatic rings. The van der Waals surface area contributed by atoms with E-state index in [0.29, 0.717) is 6.04 Å². The standard InChI is InChI=1S/C18H24N2/c1-4-15-6-7-16-9-10-20(12-17(16)11-15)18-8-5-13(2)19-14(18)3/h6-7,11,18-19H,2-5,8-10,12H2,1H3. The van der Waals surface area contributed by atoms with Crippen LogP contribution in [0.4, 0.5) is 0 Å². The fourth-order valence-electron chi connectivity index (χ4n) is 3.38. The van der Waals surface area contributed by atoms with Gasteiger partial charge in [0.05, 0.1) is 0 Å². The maximum atomic E-state index is 4.20. The number of hydrogen-bond acceptors (Lipinski definition) is 2. The molecule has 1 fully saturated rings. The molecule has 2 heterocycles. The highest BCUT2D eigenvalue weighted by Gasteiger charge is 2.28. The lowest BCUT2D eigenvalue weighted by Crippen LogP contribution is -2.45. The van der Waals surface area contributed by atoms with E-state index in [1.807, 2.05) is 0 Å². The first-order valence-corrected chi connectivity index (χ1v) is 7.65. The maximum absolute atomic E-state index is 4.20. The smallest absolute Gasteiger partial charge is 0.0499 e. The van der Waals surface area contributed by atoms with E-state index in [-0.39, 0.29) is 0 Å². The van der Waals surface area contributed by atoms with Gasteiger partial charge in [-0.1, -0.05) is 38.3 Å². The molecule has 2 nitrogen and oxygen atoms in total. The lowest BCUT2D eigenvalue weighted by Gasteiger charge is -2.39. The van der Waals surface area contributed by atoms with Crippen LogP contribution in [0.5, 0.6) is 0 Å². The molecule has 0 spiro atoms. The number of piperidine rings is 1. The first-order chi connectivity index (χ1) is 9.67. The normalized spacial score (nSPS) is 23.4. The van der Waals surface area contributed by atoms with E-state index in [1.165, 1.54) is 16.7 Å². The van der Waals surface area contributed by atoms with Gasteiger partial charge in [0, 0.05) is 30.5 Å². The summed E-state index contributed by atoms with van der Waals surface area (Å²) in [6.45, 7) is 12.6. The van der Waals surface area contributed by atoms with E-state index < -0.39 is 0 Å². The fourth-order valence-corrected chi connectivity index (χ4v) is 3.38. The zero-order chi connectivity index (χ0) is 14.1. The second kappa shape index (κ2) is 5.45. The van der Waals surface area contributed by atoms with Crippen LogP contribution < -0.4 is 5.32 Å². The topological polar surface area (TPSA) is 15.3 Å². The van der Waals surface area contributed by atoms with Crippen LogP contribution in [0.15, 0.2) is 42.8 Å². The molecule has 0 bridgehead atoms. The fraction of sp³-hybridized carbons (Fsp3) is 0.444. The number of nitrogens with zero attached hydrogens (tertiary/aromatic N) is 1. The van der Waals surface area contributed by atoms with E-state index in [0.717, 1.165) is 50.2 Å². The lowest BCUT2D eigenvalue weighted by molar-refractivity contribution is 0.182. The average Bonchev–Trinajstić information content (AvgIpc) is 2.46. The average molecular weight is 268 g/mol. The van der Waals surface area contributed by atoms with Crippen LogP contribution in [-0.2, 0) is 19.4 Å². The van der Waals surface area contributed by atoms with Crippen molar-refractivity contribution in [2.24, 2.45) is 0 Å². The molecule has 0 radical (unpaired) electrons. The Hall–Kier alpha value is -1.54. The highest BCUT2D eigenvalue weighted by Crippen LogP contribution is 2.28. The molecule has 1 saturated heterocycles. The first-order valence-electron chi connectivity index (χ1n) is 7.65. The summed E-state index contributed by atoms with van der Waals surface area (Å²) >= 11 is 0. The Labute approximate surface area is 122 Å². The summed E-state index contributed by atoms with van der Waals surface area (Å²) < 4.78 is 0. The Kier molecular flexibility index (Phi) is 3.66. The molecule has 106 valence electrons. The number of nitrogens with one attached hydrogen (secondary N) is 1. The minimum Gasteiger partial charge on any atom is -0.362 e. The third kappa shape index (κ3) is 2.53. The molecular formula is C18H24N2. The first kappa shape index (κ1) is 13.4. The maximum Gasteiger partial charge on any atom is 0.0499 e. The predicted octanol–water partition coefficient (Wildman–Crippen LogP) is 3.39. The number of aryl methyl sites for hydroxylation is 1. The molecule has 1 N–H and O–H groups in total. The van der Waals surface area contributed by atoms with Gasteiger partial charge in [0.25, 0.3) is 0 Å². The predicted molar refractivity (Wildman–Crippen MR) is 84.4 cm³/mol. The number of fused-ring (bicyclic) bond motifs is 1. The highest BCUT2D eigenvalue weighted by molar-refractivity contribution is 5.34. The van der Waals surface area contributed by atoms with Crippen molar-refractivity contribution in [3.05, 3.63) is 59.4 Å². The molecule has 2 heteroatoms. The molecule has 0 saturated carbocycles. The Balaban J connectivity index is 1.77. The van der Waals surface area contributed by atoms with Crippen molar-refractivity contribution in [3.63, 3.8) is 0 Å². The third-order valence-corrected chi connectivity index (χ3v) is 4.62. The van der Waals surface area contributed by atoms with Crippen molar-refractivity contribution in [2.45, 2.75) is 45.2 Å².